The van der Waals surface area contributed by atoms with Crippen molar-refractivity contribution < 1.29 is 13.9 Å². The molecule has 5 heteroatoms. The molecule has 1 N–H and O–H groups in total. The largest absolute Gasteiger partial charge is 0.490 e. The number of nitrogens with one attached hydrogen (secondary N) is 1. The Hall–Kier alpha value is -1.72. The molecule has 0 bridgehead atoms. The number of halogens is 1. The van der Waals surface area contributed by atoms with Gasteiger partial charge in [-0.25, -0.2) is 4.39 Å². The average molecular weight is 416 g/mol. The third-order valence-electron chi connectivity index (χ3n) is 5.95. The van der Waals surface area contributed by atoms with E-state index in [0.717, 1.165) is 49.3 Å². The van der Waals surface area contributed by atoms with Crippen LogP contribution in [0.15, 0.2) is 42.5 Å². The van der Waals surface area contributed by atoms with Crippen molar-refractivity contribution in [1.29, 1.82) is 0 Å². The summed E-state index contributed by atoms with van der Waals surface area (Å²) in [6, 6.07) is 13.6. The average Bonchev–Trinajstić information content (AvgIpc) is 2.75. The van der Waals surface area contributed by atoms with Gasteiger partial charge < -0.3 is 14.8 Å². The lowest BCUT2D eigenvalue weighted by Crippen LogP contribution is -2.37. The van der Waals surface area contributed by atoms with Crippen LogP contribution in [0.25, 0.3) is 0 Å². The highest BCUT2D eigenvalue weighted by molar-refractivity contribution is 7.98. The molecule has 1 heterocycles. The summed E-state index contributed by atoms with van der Waals surface area (Å²) in [5.41, 5.74) is 1.80. The van der Waals surface area contributed by atoms with Crippen LogP contribution in [0.5, 0.6) is 11.5 Å². The second kappa shape index (κ2) is 9.86. The third-order valence-corrected chi connectivity index (χ3v) is 6.56. The van der Waals surface area contributed by atoms with Crippen LogP contribution in [0, 0.1) is 5.82 Å². The van der Waals surface area contributed by atoms with Crippen LogP contribution < -0.4 is 14.8 Å². The number of aryl methyl sites for hydroxylation is 1. The lowest BCUT2D eigenvalue weighted by atomic mass is 9.93. The van der Waals surface area contributed by atoms with Gasteiger partial charge in [-0.3, -0.25) is 0 Å². The lowest BCUT2D eigenvalue weighted by molar-refractivity contribution is 0.138. The Balaban J connectivity index is 1.31. The van der Waals surface area contributed by atoms with Crippen LogP contribution in [-0.4, -0.2) is 30.7 Å². The molecule has 1 fully saturated rings. The Labute approximate surface area is 177 Å². The molecule has 2 aromatic carbocycles. The predicted octanol–water partition coefficient (Wildman–Crippen LogP) is 5.53. The summed E-state index contributed by atoms with van der Waals surface area (Å²) in [6.07, 6.45) is 8.43. The second-order valence-corrected chi connectivity index (χ2v) is 8.96. The molecule has 1 atom stereocenters. The van der Waals surface area contributed by atoms with Crippen molar-refractivity contribution in [3.05, 3.63) is 59.4 Å². The SMILES string of the molecule is CSCCNC1CCC(Oc2ccc3c(c2)CCC(c2ccccc2F)O3)CC1. The molecular weight excluding hydrogens is 385 g/mol. The van der Waals surface area contributed by atoms with Gasteiger partial charge in [0, 0.05) is 23.9 Å². The van der Waals surface area contributed by atoms with E-state index < -0.39 is 0 Å². The molecule has 0 spiro atoms. The minimum absolute atomic E-state index is 0.195. The van der Waals surface area contributed by atoms with Gasteiger partial charge in [-0.05, 0) is 74.6 Å². The predicted molar refractivity (Wildman–Crippen MR) is 118 cm³/mol. The van der Waals surface area contributed by atoms with Gasteiger partial charge in [0.25, 0.3) is 0 Å². The number of thioether (sulfide) groups is 1. The van der Waals surface area contributed by atoms with Crippen LogP contribution >= 0.6 is 11.8 Å². The maximum atomic E-state index is 14.1. The number of fused-ring (bicyclic) bond motifs is 1. The smallest absolute Gasteiger partial charge is 0.130 e. The van der Waals surface area contributed by atoms with E-state index in [-0.39, 0.29) is 11.9 Å². The van der Waals surface area contributed by atoms with E-state index in [2.05, 4.69) is 17.6 Å². The first-order valence-electron chi connectivity index (χ1n) is 10.7. The van der Waals surface area contributed by atoms with E-state index in [4.69, 9.17) is 9.47 Å². The maximum absolute atomic E-state index is 14.1. The van der Waals surface area contributed by atoms with Gasteiger partial charge in [-0.1, -0.05) is 18.2 Å². The Kier molecular flexibility index (Phi) is 6.98. The molecular formula is C24H30FNO2S. The molecule has 1 saturated carbocycles. The highest BCUT2D eigenvalue weighted by atomic mass is 32.2. The standard InChI is InChI=1S/C24H30FNO2S/c1-29-15-14-26-18-7-9-19(10-8-18)27-20-11-13-23-17(16-20)6-12-24(28-23)21-4-2-3-5-22(21)25/h2-5,11,13,16,18-19,24,26H,6-10,12,14-15H2,1H3. The molecule has 3 nitrogen and oxygen atoms in total. The van der Waals surface area contributed by atoms with E-state index >= 15 is 0 Å². The van der Waals surface area contributed by atoms with Crippen LogP contribution in [-0.2, 0) is 6.42 Å². The molecule has 0 radical (unpaired) electrons. The minimum Gasteiger partial charge on any atom is -0.490 e. The maximum Gasteiger partial charge on any atom is 0.130 e. The van der Waals surface area contributed by atoms with E-state index in [9.17, 15) is 4.39 Å². The minimum atomic E-state index is -0.218. The number of ether oxygens (including phenoxy) is 2. The normalized spacial score (nSPS) is 23.9. The molecule has 1 aliphatic carbocycles. The molecule has 2 aliphatic rings. The first-order chi connectivity index (χ1) is 14.2. The summed E-state index contributed by atoms with van der Waals surface area (Å²) in [6.45, 7) is 1.09. The Morgan fingerprint density at radius 2 is 1.93 bits per heavy atom. The van der Waals surface area contributed by atoms with E-state index in [1.54, 1.807) is 6.07 Å². The fourth-order valence-corrected chi connectivity index (χ4v) is 4.66. The molecule has 1 unspecified atom stereocenters. The number of rotatable bonds is 7. The van der Waals surface area contributed by atoms with Crippen LogP contribution in [0.2, 0.25) is 0 Å². The van der Waals surface area contributed by atoms with Crippen molar-refractivity contribution in [2.75, 3.05) is 18.6 Å². The number of hydrogen-bond acceptors (Lipinski definition) is 4. The molecule has 0 saturated heterocycles. The fourth-order valence-electron chi connectivity index (χ4n) is 4.34. The Morgan fingerprint density at radius 3 is 2.72 bits per heavy atom. The molecule has 156 valence electrons. The monoisotopic (exact) mass is 415 g/mol. The van der Waals surface area contributed by atoms with Crippen molar-refractivity contribution in [3.8, 4) is 11.5 Å². The van der Waals surface area contributed by atoms with Gasteiger partial charge in [0.2, 0.25) is 0 Å². The van der Waals surface area contributed by atoms with Gasteiger partial charge in [-0.15, -0.1) is 0 Å². The van der Waals surface area contributed by atoms with Gasteiger partial charge in [-0.2, -0.15) is 11.8 Å². The van der Waals surface area contributed by atoms with Gasteiger partial charge in [0.1, 0.15) is 23.4 Å². The van der Waals surface area contributed by atoms with Crippen molar-refractivity contribution in [1.82, 2.24) is 5.32 Å². The summed E-state index contributed by atoms with van der Waals surface area (Å²) in [7, 11) is 0. The summed E-state index contributed by atoms with van der Waals surface area (Å²) < 4.78 is 26.5. The van der Waals surface area contributed by atoms with Crippen LogP contribution in [0.3, 0.4) is 0 Å². The highest BCUT2D eigenvalue weighted by Crippen LogP contribution is 2.38. The molecule has 4 rings (SSSR count). The van der Waals surface area contributed by atoms with Gasteiger partial charge >= 0.3 is 0 Å². The van der Waals surface area contributed by atoms with Crippen LogP contribution in [0.4, 0.5) is 4.39 Å². The van der Waals surface area contributed by atoms with E-state index in [0.29, 0.717) is 17.7 Å². The second-order valence-electron chi connectivity index (χ2n) is 7.97. The number of benzene rings is 2. The molecule has 0 aromatic heterocycles. The quantitative estimate of drug-likeness (QED) is 0.602. The first-order valence-corrected chi connectivity index (χ1v) is 12.1. The third kappa shape index (κ3) is 5.26. The van der Waals surface area contributed by atoms with Crippen molar-refractivity contribution >= 4 is 11.8 Å². The van der Waals surface area contributed by atoms with Crippen molar-refractivity contribution in [2.45, 2.75) is 56.8 Å². The molecule has 29 heavy (non-hydrogen) atoms. The van der Waals surface area contributed by atoms with Crippen molar-refractivity contribution in [3.63, 3.8) is 0 Å². The van der Waals surface area contributed by atoms with Gasteiger partial charge in [0.05, 0.1) is 6.10 Å². The van der Waals surface area contributed by atoms with Crippen molar-refractivity contribution in [2.24, 2.45) is 0 Å². The number of hydrogen-bond donors (Lipinski definition) is 1. The summed E-state index contributed by atoms with van der Waals surface area (Å²) in [5.74, 6) is 2.75. The molecule has 1 aliphatic heterocycles. The van der Waals surface area contributed by atoms with Crippen LogP contribution in [0.1, 0.15) is 49.3 Å². The fraction of sp³-hybridized carbons (Fsp3) is 0.500. The van der Waals surface area contributed by atoms with Gasteiger partial charge in [0.15, 0.2) is 0 Å². The topological polar surface area (TPSA) is 30.5 Å². The molecule has 2 aromatic rings. The zero-order chi connectivity index (χ0) is 20.1. The Bertz CT molecular complexity index is 807. The summed E-state index contributed by atoms with van der Waals surface area (Å²) in [5, 5.41) is 3.65. The zero-order valence-electron chi connectivity index (χ0n) is 17.0. The highest BCUT2D eigenvalue weighted by Gasteiger charge is 2.25. The van der Waals surface area contributed by atoms with E-state index in [1.165, 1.54) is 24.7 Å². The molecule has 0 amide bonds. The Morgan fingerprint density at radius 1 is 1.10 bits per heavy atom. The van der Waals surface area contributed by atoms with E-state index in [1.807, 2.05) is 36.0 Å². The zero-order valence-corrected chi connectivity index (χ0v) is 17.8. The lowest BCUT2D eigenvalue weighted by Gasteiger charge is -2.30. The first kappa shape index (κ1) is 20.5. The summed E-state index contributed by atoms with van der Waals surface area (Å²) >= 11 is 1.89. The summed E-state index contributed by atoms with van der Waals surface area (Å²) in [4.78, 5) is 0.